The van der Waals surface area contributed by atoms with Gasteiger partial charge in [-0.15, -0.1) is 0 Å². The Bertz CT molecular complexity index is 661. The second-order valence-electron chi connectivity index (χ2n) is 6.83. The lowest BCUT2D eigenvalue weighted by molar-refractivity contribution is 0.0790. The molecule has 2 heterocycles. The molecule has 5 nitrogen and oxygen atoms in total. The van der Waals surface area contributed by atoms with E-state index in [2.05, 4.69) is 4.98 Å². The number of furan rings is 1. The topological polar surface area (TPSA) is 98.3 Å². The number of nitrogen functional groups attached to an aromatic ring is 2. The molecule has 0 fully saturated rings. The Hall–Kier alpha value is -2.01. The molecular formula is C16H23N3O2. The highest BCUT2D eigenvalue weighted by molar-refractivity contribution is 5.62. The van der Waals surface area contributed by atoms with Gasteiger partial charge in [0.05, 0.1) is 17.0 Å². The number of hydrogen-bond acceptors (Lipinski definition) is 5. The quantitative estimate of drug-likeness (QED) is 0.789. The monoisotopic (exact) mass is 289 g/mol. The summed E-state index contributed by atoms with van der Waals surface area (Å²) in [5.74, 6) is 0.726. The molecule has 0 amide bonds. The molecule has 0 saturated heterocycles. The number of aromatic nitrogens is 1. The number of rotatable bonds is 2. The van der Waals surface area contributed by atoms with E-state index in [0.29, 0.717) is 22.7 Å². The highest BCUT2D eigenvalue weighted by atomic mass is 16.4. The molecule has 0 aliphatic heterocycles. The van der Waals surface area contributed by atoms with Crippen molar-refractivity contribution in [2.75, 3.05) is 11.5 Å². The first-order valence-corrected chi connectivity index (χ1v) is 6.89. The van der Waals surface area contributed by atoms with E-state index >= 15 is 0 Å². The van der Waals surface area contributed by atoms with E-state index in [1.165, 1.54) is 0 Å². The summed E-state index contributed by atoms with van der Waals surface area (Å²) < 4.78 is 5.55. The molecule has 114 valence electrons. The van der Waals surface area contributed by atoms with Gasteiger partial charge in [-0.25, -0.2) is 4.98 Å². The van der Waals surface area contributed by atoms with Crippen molar-refractivity contribution in [1.29, 1.82) is 0 Å². The lowest BCUT2D eigenvalue weighted by Gasteiger charge is -2.20. The van der Waals surface area contributed by atoms with Crippen LogP contribution in [0.4, 0.5) is 11.6 Å². The van der Waals surface area contributed by atoms with Gasteiger partial charge in [-0.05, 0) is 32.0 Å². The van der Waals surface area contributed by atoms with Gasteiger partial charge in [0, 0.05) is 11.0 Å². The van der Waals surface area contributed by atoms with Crippen LogP contribution in [-0.4, -0.2) is 10.1 Å². The van der Waals surface area contributed by atoms with E-state index in [1.54, 1.807) is 26.0 Å². The van der Waals surface area contributed by atoms with Crippen molar-refractivity contribution in [3.63, 3.8) is 0 Å². The molecule has 2 aromatic heterocycles. The molecule has 0 bridgehead atoms. The molecule has 2 rings (SSSR count). The van der Waals surface area contributed by atoms with Crippen LogP contribution in [0.5, 0.6) is 0 Å². The highest BCUT2D eigenvalue weighted by Gasteiger charge is 2.25. The molecule has 0 aliphatic carbocycles. The van der Waals surface area contributed by atoms with E-state index in [1.807, 2.05) is 26.8 Å². The lowest BCUT2D eigenvalue weighted by Crippen LogP contribution is -2.16. The van der Waals surface area contributed by atoms with Crippen LogP contribution in [-0.2, 0) is 11.0 Å². The van der Waals surface area contributed by atoms with Crippen LogP contribution in [0.25, 0.3) is 11.5 Å². The minimum Gasteiger partial charge on any atom is -0.439 e. The highest BCUT2D eigenvalue weighted by Crippen LogP contribution is 2.35. The molecule has 0 unspecified atom stereocenters. The maximum atomic E-state index is 10.1. The van der Waals surface area contributed by atoms with Gasteiger partial charge in [0.25, 0.3) is 0 Å². The van der Waals surface area contributed by atoms with Crippen molar-refractivity contribution >= 4 is 11.6 Å². The van der Waals surface area contributed by atoms with E-state index in [0.717, 1.165) is 5.69 Å². The fraction of sp³-hybridized carbons (Fsp3) is 0.438. The average Bonchev–Trinajstić information content (AvgIpc) is 2.70. The van der Waals surface area contributed by atoms with Gasteiger partial charge >= 0.3 is 0 Å². The Balaban J connectivity index is 2.54. The van der Waals surface area contributed by atoms with Crippen LogP contribution in [0.1, 0.15) is 45.9 Å². The van der Waals surface area contributed by atoms with Crippen LogP contribution in [0.15, 0.2) is 22.6 Å². The van der Waals surface area contributed by atoms with Crippen LogP contribution in [0, 0.1) is 0 Å². The van der Waals surface area contributed by atoms with Crippen molar-refractivity contribution in [3.05, 3.63) is 29.5 Å². The van der Waals surface area contributed by atoms with Crippen molar-refractivity contribution in [2.24, 2.45) is 0 Å². The molecule has 0 spiro atoms. The van der Waals surface area contributed by atoms with E-state index < -0.39 is 5.60 Å². The van der Waals surface area contributed by atoms with Gasteiger partial charge in [-0.1, -0.05) is 20.8 Å². The molecule has 0 aromatic carbocycles. The minimum absolute atomic E-state index is 0.169. The van der Waals surface area contributed by atoms with Gasteiger partial charge in [-0.3, -0.25) is 0 Å². The third-order valence-corrected chi connectivity index (χ3v) is 3.31. The summed E-state index contributed by atoms with van der Waals surface area (Å²) in [4.78, 5) is 4.59. The first-order valence-electron chi connectivity index (χ1n) is 6.89. The Morgan fingerprint density at radius 2 is 1.71 bits per heavy atom. The second-order valence-corrected chi connectivity index (χ2v) is 6.83. The summed E-state index contributed by atoms with van der Waals surface area (Å²) in [7, 11) is 0. The number of pyridine rings is 1. The number of nitrogens with two attached hydrogens (primary N) is 2. The fourth-order valence-corrected chi connectivity index (χ4v) is 2.22. The molecule has 0 radical (unpaired) electrons. The smallest absolute Gasteiger partial charge is 0.197 e. The molecule has 21 heavy (non-hydrogen) atoms. The molecule has 0 atom stereocenters. The van der Waals surface area contributed by atoms with Crippen LogP contribution in [0.2, 0.25) is 0 Å². The zero-order chi connectivity index (χ0) is 16.0. The molecule has 5 heteroatoms. The Morgan fingerprint density at radius 3 is 2.19 bits per heavy atom. The Morgan fingerprint density at radius 1 is 1.10 bits per heavy atom. The number of aliphatic hydroxyl groups is 1. The number of nitrogens with zero attached hydrogens (tertiary/aromatic N) is 1. The lowest BCUT2D eigenvalue weighted by atomic mass is 9.90. The summed E-state index contributed by atoms with van der Waals surface area (Å²) in [5.41, 5.74) is 13.3. The van der Waals surface area contributed by atoms with Crippen LogP contribution >= 0.6 is 0 Å². The summed E-state index contributed by atoms with van der Waals surface area (Å²) in [6.45, 7) is 9.47. The summed E-state index contributed by atoms with van der Waals surface area (Å²) >= 11 is 0. The van der Waals surface area contributed by atoms with Crippen molar-refractivity contribution in [2.45, 2.75) is 45.6 Å². The summed E-state index contributed by atoms with van der Waals surface area (Å²) in [6, 6.07) is 5.32. The molecular weight excluding hydrogens is 266 g/mol. The number of anilines is 2. The van der Waals surface area contributed by atoms with E-state index in [9.17, 15) is 5.11 Å². The Kier molecular flexibility index (Phi) is 3.49. The number of hydrogen-bond donors (Lipinski definition) is 3. The van der Waals surface area contributed by atoms with Crippen LogP contribution in [0.3, 0.4) is 0 Å². The van der Waals surface area contributed by atoms with Crippen LogP contribution < -0.4 is 11.5 Å². The molecule has 2 aromatic rings. The summed E-state index contributed by atoms with van der Waals surface area (Å²) in [5, 5.41) is 10.1. The van der Waals surface area contributed by atoms with Gasteiger partial charge in [0.2, 0.25) is 0 Å². The van der Waals surface area contributed by atoms with Gasteiger partial charge in [0.1, 0.15) is 5.69 Å². The van der Waals surface area contributed by atoms with Gasteiger partial charge in [0.15, 0.2) is 11.6 Å². The zero-order valence-corrected chi connectivity index (χ0v) is 13.2. The van der Waals surface area contributed by atoms with Crippen molar-refractivity contribution < 1.29 is 9.52 Å². The Labute approximate surface area is 125 Å². The average molecular weight is 289 g/mol. The predicted molar refractivity (Wildman–Crippen MR) is 84.7 cm³/mol. The van der Waals surface area contributed by atoms with Gasteiger partial charge in [-0.2, -0.15) is 0 Å². The standard InChI is InChI=1S/C16H23N3O2/c1-15(2,3)13-10(17)6-7-11(19-13)12-8-9(14(18)21-12)16(4,5)20/h6-8,20H,17-18H2,1-5H3. The van der Waals surface area contributed by atoms with E-state index in [-0.39, 0.29) is 11.3 Å². The predicted octanol–water partition coefficient (Wildman–Crippen LogP) is 3.03. The SMILES string of the molecule is CC(C)(C)c1nc(-c2cc(C(C)(C)O)c(N)o2)ccc1N. The molecule has 5 N–H and O–H groups in total. The van der Waals surface area contributed by atoms with E-state index in [4.69, 9.17) is 15.9 Å². The first kappa shape index (κ1) is 15.4. The zero-order valence-electron chi connectivity index (χ0n) is 13.2. The summed E-state index contributed by atoms with van der Waals surface area (Å²) in [6.07, 6.45) is 0. The maximum Gasteiger partial charge on any atom is 0.197 e. The molecule has 0 aliphatic rings. The normalized spacial score (nSPS) is 12.7. The second kappa shape index (κ2) is 4.77. The first-order chi connectivity index (χ1) is 9.50. The van der Waals surface area contributed by atoms with Crippen molar-refractivity contribution in [1.82, 2.24) is 4.98 Å². The minimum atomic E-state index is -1.06. The third-order valence-electron chi connectivity index (χ3n) is 3.31. The van der Waals surface area contributed by atoms with Crippen molar-refractivity contribution in [3.8, 4) is 11.5 Å². The maximum absolute atomic E-state index is 10.1. The molecule has 0 saturated carbocycles. The largest absolute Gasteiger partial charge is 0.439 e. The van der Waals surface area contributed by atoms with Gasteiger partial charge < -0.3 is 21.0 Å². The third kappa shape index (κ3) is 3.03. The fourth-order valence-electron chi connectivity index (χ4n) is 2.22.